The maximum absolute atomic E-state index is 12.4. The molecule has 6 nitrogen and oxygen atoms in total. The van der Waals surface area contributed by atoms with Crippen LogP contribution in [0, 0.1) is 0 Å². The first kappa shape index (κ1) is 17.9. The van der Waals surface area contributed by atoms with Crippen molar-refractivity contribution in [2.75, 3.05) is 13.1 Å². The highest BCUT2D eigenvalue weighted by molar-refractivity contribution is 7.89. The van der Waals surface area contributed by atoms with Gasteiger partial charge in [-0.3, -0.25) is 4.90 Å². The maximum atomic E-state index is 12.4. The second-order valence-electron chi connectivity index (χ2n) is 6.89. The molecule has 7 heteroatoms. The lowest BCUT2D eigenvalue weighted by Crippen LogP contribution is -2.50. The molecule has 1 heterocycles. The smallest absolute Gasteiger partial charge is 0.335 e. The standard InChI is InChI=1S/C16H24N2O4S/c1-16(2,3)18-9-7-13(8-10-18)17-23(21,22)14-6-4-5-12(11-14)15(19)20/h4-6,11,13,17H,7-10H2,1-3H3,(H,19,20). The van der Waals surface area contributed by atoms with Crippen LogP contribution in [0.15, 0.2) is 29.2 Å². The Morgan fingerprint density at radius 3 is 2.39 bits per heavy atom. The summed E-state index contributed by atoms with van der Waals surface area (Å²) in [5.41, 5.74) is 0.0510. The topological polar surface area (TPSA) is 86.7 Å². The summed E-state index contributed by atoms with van der Waals surface area (Å²) in [5.74, 6) is -1.14. The van der Waals surface area contributed by atoms with Gasteiger partial charge in [0.25, 0.3) is 0 Å². The maximum Gasteiger partial charge on any atom is 0.335 e. The summed E-state index contributed by atoms with van der Waals surface area (Å²) in [6.07, 6.45) is 1.49. The molecule has 0 aromatic heterocycles. The average molecular weight is 340 g/mol. The van der Waals surface area contributed by atoms with Crippen LogP contribution >= 0.6 is 0 Å². The minimum atomic E-state index is -3.70. The lowest BCUT2D eigenvalue weighted by Gasteiger charge is -2.40. The first-order chi connectivity index (χ1) is 10.6. The molecule has 0 atom stereocenters. The Balaban J connectivity index is 2.05. The predicted molar refractivity (Wildman–Crippen MR) is 88.1 cm³/mol. The zero-order valence-electron chi connectivity index (χ0n) is 13.7. The minimum absolute atomic E-state index is 0.00403. The summed E-state index contributed by atoms with van der Waals surface area (Å²) < 4.78 is 27.6. The van der Waals surface area contributed by atoms with Gasteiger partial charge in [-0.15, -0.1) is 0 Å². The van der Waals surface area contributed by atoms with Crippen LogP contribution in [0.2, 0.25) is 0 Å². The van der Waals surface area contributed by atoms with Gasteiger partial charge < -0.3 is 5.11 Å². The number of carboxylic acids is 1. The van der Waals surface area contributed by atoms with E-state index in [0.29, 0.717) is 0 Å². The summed E-state index contributed by atoms with van der Waals surface area (Å²) in [7, 11) is -3.70. The molecule has 23 heavy (non-hydrogen) atoms. The van der Waals surface area contributed by atoms with E-state index in [4.69, 9.17) is 5.11 Å². The fraction of sp³-hybridized carbons (Fsp3) is 0.562. The van der Waals surface area contributed by atoms with Crippen molar-refractivity contribution in [3.05, 3.63) is 29.8 Å². The Labute approximate surface area is 137 Å². The zero-order valence-corrected chi connectivity index (χ0v) is 14.6. The number of benzene rings is 1. The van der Waals surface area contributed by atoms with Gasteiger partial charge in [0.1, 0.15) is 0 Å². The largest absolute Gasteiger partial charge is 0.478 e. The summed E-state index contributed by atoms with van der Waals surface area (Å²) in [6.45, 7) is 8.12. The van der Waals surface area contributed by atoms with Crippen LogP contribution in [-0.2, 0) is 10.0 Å². The molecule has 0 amide bonds. The summed E-state index contributed by atoms with van der Waals surface area (Å²) in [6, 6.07) is 5.31. The van der Waals surface area contributed by atoms with E-state index in [9.17, 15) is 13.2 Å². The second kappa shape index (κ2) is 6.59. The normalized spacial score (nSPS) is 18.0. The number of hydrogen-bond acceptors (Lipinski definition) is 4. The number of likely N-dealkylation sites (tertiary alicyclic amines) is 1. The van der Waals surface area contributed by atoms with E-state index >= 15 is 0 Å². The summed E-state index contributed by atoms with van der Waals surface area (Å²) in [5, 5.41) is 8.98. The first-order valence-electron chi connectivity index (χ1n) is 7.70. The van der Waals surface area contributed by atoms with E-state index in [1.807, 2.05) is 0 Å². The van der Waals surface area contributed by atoms with Crippen molar-refractivity contribution in [1.29, 1.82) is 0 Å². The van der Waals surface area contributed by atoms with Crippen LogP contribution in [0.3, 0.4) is 0 Å². The molecule has 1 aliphatic rings. The SMILES string of the molecule is CC(C)(C)N1CCC(NS(=O)(=O)c2cccc(C(=O)O)c2)CC1. The van der Waals surface area contributed by atoms with Gasteiger partial charge in [0.05, 0.1) is 10.5 Å². The van der Waals surface area contributed by atoms with Crippen LogP contribution < -0.4 is 4.72 Å². The molecule has 0 aliphatic carbocycles. The highest BCUT2D eigenvalue weighted by Gasteiger charge is 2.29. The Morgan fingerprint density at radius 2 is 1.87 bits per heavy atom. The molecule has 1 aliphatic heterocycles. The van der Waals surface area contributed by atoms with E-state index in [1.165, 1.54) is 24.3 Å². The van der Waals surface area contributed by atoms with Crippen molar-refractivity contribution in [3.8, 4) is 0 Å². The van der Waals surface area contributed by atoms with Gasteiger partial charge >= 0.3 is 5.97 Å². The van der Waals surface area contributed by atoms with Crippen LogP contribution in [-0.4, -0.2) is 49.1 Å². The molecule has 2 N–H and O–H groups in total. The van der Waals surface area contributed by atoms with E-state index < -0.39 is 16.0 Å². The minimum Gasteiger partial charge on any atom is -0.478 e. The predicted octanol–water partition coefficient (Wildman–Crippen LogP) is 1.93. The van der Waals surface area contributed by atoms with Crippen LogP contribution in [0.1, 0.15) is 44.0 Å². The Bertz CT molecular complexity index is 672. The third kappa shape index (κ3) is 4.53. The van der Waals surface area contributed by atoms with Crippen LogP contribution in [0.5, 0.6) is 0 Å². The summed E-state index contributed by atoms with van der Waals surface area (Å²) in [4.78, 5) is 13.3. The Morgan fingerprint density at radius 1 is 1.26 bits per heavy atom. The van der Waals surface area contributed by atoms with Crippen molar-refractivity contribution < 1.29 is 18.3 Å². The molecule has 2 rings (SSSR count). The number of nitrogens with zero attached hydrogens (tertiary/aromatic N) is 1. The molecule has 1 fully saturated rings. The van der Waals surface area contributed by atoms with Gasteiger partial charge in [-0.05, 0) is 51.8 Å². The molecule has 1 aromatic rings. The molecule has 0 saturated carbocycles. The van der Waals surface area contributed by atoms with Crippen molar-refractivity contribution in [2.24, 2.45) is 0 Å². The van der Waals surface area contributed by atoms with Gasteiger partial charge in [-0.2, -0.15) is 0 Å². The molecule has 0 bridgehead atoms. The first-order valence-corrected chi connectivity index (χ1v) is 9.19. The van der Waals surface area contributed by atoms with Crippen molar-refractivity contribution in [3.63, 3.8) is 0 Å². The molecule has 1 aromatic carbocycles. The van der Waals surface area contributed by atoms with E-state index in [1.54, 1.807) is 0 Å². The van der Waals surface area contributed by atoms with Gasteiger partial charge in [0, 0.05) is 24.7 Å². The van der Waals surface area contributed by atoms with Crippen LogP contribution in [0.4, 0.5) is 0 Å². The molecular weight excluding hydrogens is 316 g/mol. The quantitative estimate of drug-likeness (QED) is 0.874. The lowest BCUT2D eigenvalue weighted by atomic mass is 9.99. The fourth-order valence-corrected chi connectivity index (χ4v) is 4.10. The molecule has 0 unspecified atom stereocenters. The number of nitrogens with one attached hydrogen (secondary N) is 1. The number of carboxylic acid groups (broad SMARTS) is 1. The van der Waals surface area contributed by atoms with Crippen molar-refractivity contribution in [1.82, 2.24) is 9.62 Å². The van der Waals surface area contributed by atoms with Gasteiger partial charge in [0.2, 0.25) is 10.0 Å². The van der Waals surface area contributed by atoms with Gasteiger partial charge in [-0.25, -0.2) is 17.9 Å². The highest BCUT2D eigenvalue weighted by Crippen LogP contribution is 2.21. The molecule has 128 valence electrons. The number of hydrogen-bond donors (Lipinski definition) is 2. The lowest BCUT2D eigenvalue weighted by molar-refractivity contribution is 0.0696. The number of piperidine rings is 1. The average Bonchev–Trinajstić information content (AvgIpc) is 2.46. The van der Waals surface area contributed by atoms with E-state index in [2.05, 4.69) is 30.4 Å². The third-order valence-corrected chi connectivity index (χ3v) is 5.67. The number of sulfonamides is 1. The third-order valence-electron chi connectivity index (χ3n) is 4.16. The number of carbonyl (C=O) groups is 1. The van der Waals surface area contributed by atoms with E-state index in [-0.39, 0.29) is 22.0 Å². The summed E-state index contributed by atoms with van der Waals surface area (Å²) >= 11 is 0. The second-order valence-corrected chi connectivity index (χ2v) is 8.60. The zero-order chi connectivity index (χ0) is 17.3. The fourth-order valence-electron chi connectivity index (χ4n) is 2.75. The Hall–Kier alpha value is -1.44. The monoisotopic (exact) mass is 340 g/mol. The van der Waals surface area contributed by atoms with Crippen molar-refractivity contribution in [2.45, 2.75) is 50.1 Å². The molecule has 0 radical (unpaired) electrons. The van der Waals surface area contributed by atoms with E-state index in [0.717, 1.165) is 25.9 Å². The van der Waals surface area contributed by atoms with Crippen molar-refractivity contribution >= 4 is 16.0 Å². The number of rotatable bonds is 4. The molecule has 0 spiro atoms. The molecule has 1 saturated heterocycles. The highest BCUT2D eigenvalue weighted by atomic mass is 32.2. The van der Waals surface area contributed by atoms with Gasteiger partial charge in [0.15, 0.2) is 0 Å². The van der Waals surface area contributed by atoms with Gasteiger partial charge in [-0.1, -0.05) is 6.07 Å². The molecular formula is C16H24N2O4S. The Kier molecular flexibility index (Phi) is 5.13. The van der Waals surface area contributed by atoms with Crippen LogP contribution in [0.25, 0.3) is 0 Å². The number of aromatic carboxylic acids is 1.